The molecule has 0 aliphatic rings. The molecule has 1 aromatic carbocycles. The van der Waals surface area contributed by atoms with Crippen molar-refractivity contribution in [3.8, 4) is 0 Å². The van der Waals surface area contributed by atoms with Crippen LogP contribution in [-0.4, -0.2) is 21.9 Å². The summed E-state index contributed by atoms with van der Waals surface area (Å²) in [5.74, 6) is 1.56. The number of nitrogens with zero attached hydrogens (tertiary/aromatic N) is 2. The normalized spacial score (nSPS) is 11.3. The van der Waals surface area contributed by atoms with Crippen LogP contribution in [0, 0.1) is 0 Å². The third-order valence-electron chi connectivity index (χ3n) is 3.76. The number of oxazole rings is 1. The first-order chi connectivity index (χ1) is 13.7. The van der Waals surface area contributed by atoms with Gasteiger partial charge < -0.3 is 15.5 Å². The van der Waals surface area contributed by atoms with E-state index in [1.165, 1.54) is 23.1 Å². The maximum Gasteiger partial charge on any atom is 0.325 e. The summed E-state index contributed by atoms with van der Waals surface area (Å²) in [6.07, 6.45) is 3.45. The van der Waals surface area contributed by atoms with Gasteiger partial charge in [0.15, 0.2) is 5.13 Å². The molecule has 152 valence electrons. The zero-order valence-electron chi connectivity index (χ0n) is 16.2. The highest BCUT2D eigenvalue weighted by Gasteiger charge is 2.19. The molecule has 8 nitrogen and oxygen atoms in total. The summed E-state index contributed by atoms with van der Waals surface area (Å²) in [6.45, 7) is 6.22. The Morgan fingerprint density at radius 2 is 1.86 bits per heavy atom. The van der Waals surface area contributed by atoms with Gasteiger partial charge in [-0.2, -0.15) is 0 Å². The fourth-order valence-electron chi connectivity index (χ4n) is 2.22. The van der Waals surface area contributed by atoms with Crippen molar-refractivity contribution >= 4 is 45.9 Å². The Balaban J connectivity index is 1.51. The van der Waals surface area contributed by atoms with Crippen molar-refractivity contribution in [2.45, 2.75) is 36.1 Å². The third kappa shape index (κ3) is 5.81. The number of urea groups is 1. The van der Waals surface area contributed by atoms with Crippen LogP contribution < -0.4 is 16.4 Å². The minimum absolute atomic E-state index is 0.0783. The molecule has 0 saturated carbocycles. The molecule has 0 bridgehead atoms. The zero-order chi connectivity index (χ0) is 21.0. The summed E-state index contributed by atoms with van der Waals surface area (Å²) in [5.41, 5.74) is 6.03. The van der Waals surface area contributed by atoms with Crippen molar-refractivity contribution in [1.82, 2.24) is 9.97 Å². The number of hydrogen-bond donors (Lipinski definition) is 3. The number of amides is 3. The predicted octanol–water partition coefficient (Wildman–Crippen LogP) is 4.46. The second-order valence-corrected chi connectivity index (χ2v) is 9.47. The number of nitrogens with one attached hydrogen (secondary N) is 2. The lowest BCUT2D eigenvalue weighted by atomic mass is 9.94. The average Bonchev–Trinajstić information content (AvgIpc) is 3.29. The maximum absolute atomic E-state index is 12.1. The molecule has 0 radical (unpaired) electrons. The molecule has 2 heterocycles. The molecule has 3 rings (SSSR count). The molecule has 0 saturated heterocycles. The SMILES string of the molecule is CC(C)(C)c1cnc(CSc2cnc(NC(=O)Nc3ccc(C(N)=O)cc3)s2)o1. The van der Waals surface area contributed by atoms with Crippen molar-refractivity contribution in [1.29, 1.82) is 0 Å². The summed E-state index contributed by atoms with van der Waals surface area (Å²) in [6, 6.07) is 5.87. The molecule has 0 atom stereocenters. The molecule has 0 unspecified atom stereocenters. The van der Waals surface area contributed by atoms with Gasteiger partial charge in [-0.05, 0) is 24.3 Å². The first-order valence-corrected chi connectivity index (χ1v) is 10.5. The van der Waals surface area contributed by atoms with Crippen molar-refractivity contribution in [3.05, 3.63) is 53.9 Å². The second kappa shape index (κ2) is 8.66. The van der Waals surface area contributed by atoms with Crippen molar-refractivity contribution in [3.63, 3.8) is 0 Å². The van der Waals surface area contributed by atoms with Gasteiger partial charge in [0.05, 0.1) is 22.4 Å². The second-order valence-electron chi connectivity index (χ2n) is 7.16. The summed E-state index contributed by atoms with van der Waals surface area (Å²) < 4.78 is 6.71. The van der Waals surface area contributed by atoms with E-state index in [0.29, 0.717) is 28.0 Å². The number of carbonyl (C=O) groups excluding carboxylic acids is 2. The van der Waals surface area contributed by atoms with E-state index in [0.717, 1.165) is 9.97 Å². The van der Waals surface area contributed by atoms with Gasteiger partial charge in [-0.1, -0.05) is 32.1 Å². The van der Waals surface area contributed by atoms with Crippen LogP contribution in [0.4, 0.5) is 15.6 Å². The van der Waals surface area contributed by atoms with E-state index in [1.807, 2.05) is 0 Å². The topological polar surface area (TPSA) is 123 Å². The summed E-state index contributed by atoms with van der Waals surface area (Å²) >= 11 is 2.90. The highest BCUT2D eigenvalue weighted by atomic mass is 32.2. The standard InChI is InChI=1S/C19H21N5O3S2/c1-19(2,3)13-8-21-14(27-13)10-28-15-9-22-18(29-15)24-17(26)23-12-6-4-11(5-7-12)16(20)25/h4-9H,10H2,1-3H3,(H2,20,25)(H2,22,23,24,26). The number of thioether (sulfide) groups is 1. The van der Waals surface area contributed by atoms with Gasteiger partial charge in [0, 0.05) is 16.7 Å². The van der Waals surface area contributed by atoms with Crippen LogP contribution in [0.3, 0.4) is 0 Å². The summed E-state index contributed by atoms with van der Waals surface area (Å²) in [4.78, 5) is 31.7. The molecule has 0 fully saturated rings. The Labute approximate surface area is 176 Å². The maximum atomic E-state index is 12.1. The fraction of sp³-hybridized carbons (Fsp3) is 0.263. The van der Waals surface area contributed by atoms with Gasteiger partial charge in [0.25, 0.3) is 0 Å². The van der Waals surface area contributed by atoms with E-state index in [1.54, 1.807) is 36.7 Å². The molecule has 3 amide bonds. The Hall–Kier alpha value is -2.85. The first-order valence-electron chi connectivity index (χ1n) is 8.72. The van der Waals surface area contributed by atoms with Crippen LogP contribution in [0.1, 0.15) is 42.8 Å². The minimum atomic E-state index is -0.520. The molecule has 2 aromatic heterocycles. The summed E-state index contributed by atoms with van der Waals surface area (Å²) in [5, 5.41) is 5.83. The summed E-state index contributed by atoms with van der Waals surface area (Å²) in [7, 11) is 0. The Bertz CT molecular complexity index is 1010. The number of rotatable bonds is 6. The molecule has 4 N–H and O–H groups in total. The van der Waals surface area contributed by atoms with Crippen molar-refractivity contribution in [2.24, 2.45) is 5.73 Å². The van der Waals surface area contributed by atoms with Crippen LogP contribution in [0.5, 0.6) is 0 Å². The highest BCUT2D eigenvalue weighted by Crippen LogP contribution is 2.31. The molecular weight excluding hydrogens is 410 g/mol. The fourth-order valence-corrected chi connectivity index (χ4v) is 3.94. The van der Waals surface area contributed by atoms with Crippen LogP contribution in [-0.2, 0) is 11.2 Å². The predicted molar refractivity (Wildman–Crippen MR) is 114 cm³/mol. The van der Waals surface area contributed by atoms with Crippen molar-refractivity contribution < 1.29 is 14.0 Å². The molecule has 29 heavy (non-hydrogen) atoms. The highest BCUT2D eigenvalue weighted by molar-refractivity contribution is 8.00. The van der Waals surface area contributed by atoms with Gasteiger partial charge in [0.2, 0.25) is 11.8 Å². The number of carbonyl (C=O) groups is 2. The lowest BCUT2D eigenvalue weighted by molar-refractivity contribution is 0.100. The molecule has 0 aliphatic heterocycles. The molecular formula is C19H21N5O3S2. The van der Waals surface area contributed by atoms with Gasteiger partial charge >= 0.3 is 6.03 Å². The minimum Gasteiger partial charge on any atom is -0.444 e. The number of thiazole rings is 1. The van der Waals surface area contributed by atoms with Crippen LogP contribution >= 0.6 is 23.1 Å². The number of anilines is 2. The van der Waals surface area contributed by atoms with Crippen LogP contribution in [0.2, 0.25) is 0 Å². The van der Waals surface area contributed by atoms with Gasteiger partial charge in [-0.3, -0.25) is 10.1 Å². The Morgan fingerprint density at radius 3 is 2.48 bits per heavy atom. The van der Waals surface area contributed by atoms with E-state index in [-0.39, 0.29) is 5.41 Å². The molecule has 0 spiro atoms. The van der Waals surface area contributed by atoms with E-state index in [2.05, 4.69) is 41.4 Å². The first kappa shape index (κ1) is 20.9. The lowest BCUT2D eigenvalue weighted by Gasteiger charge is -2.12. The number of nitrogens with two attached hydrogens (primary N) is 1. The van der Waals surface area contributed by atoms with Gasteiger partial charge in [0.1, 0.15) is 5.76 Å². The van der Waals surface area contributed by atoms with Gasteiger partial charge in [-0.25, -0.2) is 14.8 Å². The third-order valence-corrected chi connectivity index (χ3v) is 5.86. The number of primary amides is 1. The van der Waals surface area contributed by atoms with E-state index < -0.39 is 11.9 Å². The van der Waals surface area contributed by atoms with E-state index in [4.69, 9.17) is 10.2 Å². The number of benzene rings is 1. The van der Waals surface area contributed by atoms with Gasteiger partial charge in [-0.15, -0.1) is 11.8 Å². The lowest BCUT2D eigenvalue weighted by Crippen LogP contribution is -2.19. The van der Waals surface area contributed by atoms with Crippen LogP contribution in [0.25, 0.3) is 0 Å². The zero-order valence-corrected chi connectivity index (χ0v) is 17.8. The average molecular weight is 432 g/mol. The van der Waals surface area contributed by atoms with E-state index >= 15 is 0 Å². The number of aromatic nitrogens is 2. The molecule has 10 heteroatoms. The number of hydrogen-bond acceptors (Lipinski definition) is 7. The quantitative estimate of drug-likeness (QED) is 0.495. The van der Waals surface area contributed by atoms with Crippen molar-refractivity contribution in [2.75, 3.05) is 10.6 Å². The monoisotopic (exact) mass is 431 g/mol. The molecule has 3 aromatic rings. The molecule has 0 aliphatic carbocycles. The van der Waals surface area contributed by atoms with Crippen LogP contribution in [0.15, 0.2) is 45.3 Å². The van der Waals surface area contributed by atoms with E-state index in [9.17, 15) is 9.59 Å². The Kier molecular flexibility index (Phi) is 6.23. The Morgan fingerprint density at radius 1 is 1.14 bits per heavy atom. The smallest absolute Gasteiger partial charge is 0.325 e. The largest absolute Gasteiger partial charge is 0.444 e.